The average molecular weight is 450 g/mol. The number of para-hydroxylation sites is 1. The topological polar surface area (TPSA) is 61.4 Å². The minimum Gasteiger partial charge on any atom is -0.352 e. The fourth-order valence-corrected chi connectivity index (χ4v) is 6.11. The summed E-state index contributed by atoms with van der Waals surface area (Å²) in [5.74, 6) is 2.00. The Morgan fingerprint density at radius 1 is 1.03 bits per heavy atom. The quantitative estimate of drug-likeness (QED) is 0.606. The Labute approximate surface area is 193 Å². The lowest BCUT2D eigenvalue weighted by Gasteiger charge is -2.36. The number of amides is 2. The summed E-state index contributed by atoms with van der Waals surface area (Å²) in [4.78, 5) is 29.7. The Morgan fingerprint density at radius 3 is 2.59 bits per heavy atom. The van der Waals surface area contributed by atoms with E-state index in [9.17, 15) is 4.79 Å². The molecule has 0 unspecified atom stereocenters. The maximum Gasteiger partial charge on any atom is 0.321 e. The van der Waals surface area contributed by atoms with Crippen molar-refractivity contribution in [1.82, 2.24) is 14.9 Å². The van der Waals surface area contributed by atoms with Gasteiger partial charge in [-0.3, -0.25) is 0 Å². The van der Waals surface area contributed by atoms with Crippen molar-refractivity contribution < 1.29 is 4.79 Å². The molecule has 6 nitrogen and oxygen atoms in total. The van der Waals surface area contributed by atoms with Gasteiger partial charge in [-0.1, -0.05) is 32.0 Å². The molecule has 1 aliphatic heterocycles. The van der Waals surface area contributed by atoms with E-state index in [4.69, 9.17) is 9.97 Å². The lowest BCUT2D eigenvalue weighted by Crippen LogP contribution is -2.50. The summed E-state index contributed by atoms with van der Waals surface area (Å²) in [6.07, 6.45) is 6.57. The van der Waals surface area contributed by atoms with E-state index in [1.54, 1.807) is 0 Å². The molecule has 1 aromatic carbocycles. The van der Waals surface area contributed by atoms with E-state index < -0.39 is 0 Å². The second kappa shape index (κ2) is 9.06. The van der Waals surface area contributed by atoms with Crippen molar-refractivity contribution in [3.63, 3.8) is 0 Å². The number of benzene rings is 1. The average Bonchev–Trinajstić information content (AvgIpc) is 3.22. The van der Waals surface area contributed by atoms with Gasteiger partial charge in [0.1, 0.15) is 16.5 Å². The summed E-state index contributed by atoms with van der Waals surface area (Å²) in [6.45, 7) is 7.21. The first kappa shape index (κ1) is 21.2. The fourth-order valence-electron chi connectivity index (χ4n) is 4.83. The highest BCUT2D eigenvalue weighted by molar-refractivity contribution is 7.19. The molecule has 1 N–H and O–H groups in total. The number of anilines is 2. The van der Waals surface area contributed by atoms with E-state index >= 15 is 0 Å². The number of carbonyl (C=O) groups is 1. The van der Waals surface area contributed by atoms with E-state index in [0.717, 1.165) is 60.1 Å². The number of thiophene rings is 1. The molecule has 5 rings (SSSR count). The Morgan fingerprint density at radius 2 is 1.81 bits per heavy atom. The summed E-state index contributed by atoms with van der Waals surface area (Å²) in [6, 6.07) is 8.03. The molecule has 2 aromatic heterocycles. The molecule has 0 saturated carbocycles. The van der Waals surface area contributed by atoms with Crippen LogP contribution in [-0.2, 0) is 25.7 Å². The number of hydrogen-bond donors (Lipinski definition) is 1. The van der Waals surface area contributed by atoms with Crippen molar-refractivity contribution in [2.24, 2.45) is 0 Å². The Hall–Kier alpha value is -2.67. The van der Waals surface area contributed by atoms with Crippen LogP contribution in [0.3, 0.4) is 0 Å². The van der Waals surface area contributed by atoms with Crippen LogP contribution in [0.25, 0.3) is 10.2 Å². The van der Waals surface area contributed by atoms with Crippen LogP contribution in [-0.4, -0.2) is 47.1 Å². The molecule has 32 heavy (non-hydrogen) atoms. The predicted molar refractivity (Wildman–Crippen MR) is 132 cm³/mol. The van der Waals surface area contributed by atoms with Gasteiger partial charge in [-0.05, 0) is 49.3 Å². The summed E-state index contributed by atoms with van der Waals surface area (Å²) in [7, 11) is 0. The highest BCUT2D eigenvalue weighted by Crippen LogP contribution is 2.40. The third-order valence-electron chi connectivity index (χ3n) is 6.66. The zero-order valence-corrected chi connectivity index (χ0v) is 19.8. The smallest absolute Gasteiger partial charge is 0.321 e. The number of nitrogens with zero attached hydrogens (tertiary/aromatic N) is 4. The van der Waals surface area contributed by atoms with E-state index in [1.165, 1.54) is 35.1 Å². The van der Waals surface area contributed by atoms with Crippen LogP contribution >= 0.6 is 11.3 Å². The monoisotopic (exact) mass is 449 g/mol. The van der Waals surface area contributed by atoms with Crippen molar-refractivity contribution in [2.45, 2.75) is 52.4 Å². The van der Waals surface area contributed by atoms with Gasteiger partial charge in [0.25, 0.3) is 0 Å². The highest BCUT2D eigenvalue weighted by atomic mass is 32.1. The van der Waals surface area contributed by atoms with Crippen LogP contribution in [0.2, 0.25) is 0 Å². The van der Waals surface area contributed by atoms with E-state index in [2.05, 4.69) is 30.1 Å². The number of carbonyl (C=O) groups excluding carboxylic acids is 1. The van der Waals surface area contributed by atoms with Gasteiger partial charge >= 0.3 is 6.03 Å². The first-order chi connectivity index (χ1) is 15.7. The van der Waals surface area contributed by atoms with Crippen LogP contribution in [0, 0.1) is 0 Å². The number of aromatic nitrogens is 2. The largest absolute Gasteiger partial charge is 0.352 e. The van der Waals surface area contributed by atoms with E-state index in [-0.39, 0.29) is 6.03 Å². The molecule has 1 saturated heterocycles. The summed E-state index contributed by atoms with van der Waals surface area (Å²) >= 11 is 1.87. The van der Waals surface area contributed by atoms with Crippen LogP contribution in [0.5, 0.6) is 0 Å². The summed E-state index contributed by atoms with van der Waals surface area (Å²) in [5, 5.41) is 4.39. The molecule has 3 aromatic rings. The second-order valence-electron chi connectivity index (χ2n) is 8.62. The zero-order valence-electron chi connectivity index (χ0n) is 19.0. The maximum absolute atomic E-state index is 12.9. The third kappa shape index (κ3) is 3.94. The second-order valence-corrected chi connectivity index (χ2v) is 9.71. The molecule has 168 valence electrons. The van der Waals surface area contributed by atoms with Crippen LogP contribution in [0.4, 0.5) is 16.3 Å². The SMILES string of the molecule is CCc1nc(N2CCN(C(=O)Nc3ccccc3CC)CC2)c2c3c(sc2n1)CCCC3. The van der Waals surface area contributed by atoms with Crippen molar-refractivity contribution in [3.05, 3.63) is 46.1 Å². The van der Waals surface area contributed by atoms with Gasteiger partial charge in [-0.15, -0.1) is 11.3 Å². The maximum atomic E-state index is 12.9. The standard InChI is InChI=1S/C25H31N5OS/c1-3-17-9-5-7-11-19(17)26-25(31)30-15-13-29(14-16-30)23-22-18-10-6-8-12-20(18)32-24(22)28-21(4-2)27-23/h5,7,9,11H,3-4,6,8,10,12-16H2,1-2H3,(H,26,31). The number of rotatable bonds is 4. The van der Waals surface area contributed by atoms with Crippen molar-refractivity contribution in [1.29, 1.82) is 0 Å². The number of urea groups is 1. The number of hydrogen-bond acceptors (Lipinski definition) is 5. The molecular weight excluding hydrogens is 418 g/mol. The van der Waals surface area contributed by atoms with Gasteiger partial charge in [0, 0.05) is 43.2 Å². The molecule has 2 amide bonds. The molecule has 0 atom stereocenters. The molecule has 1 fully saturated rings. The molecule has 1 aliphatic carbocycles. The third-order valence-corrected chi connectivity index (χ3v) is 7.85. The molecule has 3 heterocycles. The van der Waals surface area contributed by atoms with Gasteiger partial charge in [-0.25, -0.2) is 14.8 Å². The number of nitrogens with one attached hydrogen (secondary N) is 1. The van der Waals surface area contributed by atoms with Crippen LogP contribution in [0.1, 0.15) is 48.5 Å². The van der Waals surface area contributed by atoms with Crippen molar-refractivity contribution in [2.75, 3.05) is 36.4 Å². The molecule has 0 radical (unpaired) electrons. The molecule has 0 bridgehead atoms. The number of fused-ring (bicyclic) bond motifs is 3. The van der Waals surface area contributed by atoms with Gasteiger partial charge in [0.2, 0.25) is 0 Å². The molecular formula is C25H31N5OS. The molecule has 7 heteroatoms. The Balaban J connectivity index is 1.35. The summed E-state index contributed by atoms with van der Waals surface area (Å²) in [5.41, 5.74) is 3.56. The minimum atomic E-state index is -0.0134. The van der Waals surface area contributed by atoms with Crippen molar-refractivity contribution in [3.8, 4) is 0 Å². The van der Waals surface area contributed by atoms with Gasteiger partial charge in [-0.2, -0.15) is 0 Å². The lowest BCUT2D eigenvalue weighted by molar-refractivity contribution is 0.208. The summed E-state index contributed by atoms with van der Waals surface area (Å²) < 4.78 is 0. The van der Waals surface area contributed by atoms with E-state index in [0.29, 0.717) is 13.1 Å². The molecule has 0 spiro atoms. The van der Waals surface area contributed by atoms with Gasteiger partial charge in [0.05, 0.1) is 5.39 Å². The predicted octanol–water partition coefficient (Wildman–Crippen LogP) is 5.05. The van der Waals surface area contributed by atoms with Crippen LogP contribution in [0.15, 0.2) is 24.3 Å². The lowest BCUT2D eigenvalue weighted by atomic mass is 9.97. The highest BCUT2D eigenvalue weighted by Gasteiger charge is 2.27. The minimum absolute atomic E-state index is 0.0134. The number of piperazine rings is 1. The first-order valence-corrected chi connectivity index (χ1v) is 12.7. The first-order valence-electron chi connectivity index (χ1n) is 11.9. The zero-order chi connectivity index (χ0) is 22.1. The normalized spacial score (nSPS) is 16.3. The van der Waals surface area contributed by atoms with E-state index in [1.807, 2.05) is 34.4 Å². The van der Waals surface area contributed by atoms with Crippen LogP contribution < -0.4 is 10.2 Å². The molecule has 2 aliphatic rings. The fraction of sp³-hybridized carbons (Fsp3) is 0.480. The Kier molecular flexibility index (Phi) is 6.00. The van der Waals surface area contributed by atoms with Crippen molar-refractivity contribution >= 4 is 39.1 Å². The van der Waals surface area contributed by atoms with Gasteiger partial charge in [0.15, 0.2) is 0 Å². The van der Waals surface area contributed by atoms with Gasteiger partial charge < -0.3 is 15.1 Å². The number of aryl methyl sites for hydroxylation is 4. The Bertz CT molecular complexity index is 1130.